The van der Waals surface area contributed by atoms with Crippen molar-refractivity contribution in [1.29, 1.82) is 0 Å². The monoisotopic (exact) mass is 278 g/mol. The number of amides is 1. The molecule has 20 heavy (non-hydrogen) atoms. The number of ether oxygens (including phenoxy) is 1. The van der Waals surface area contributed by atoms with E-state index in [4.69, 9.17) is 10.5 Å². The van der Waals surface area contributed by atoms with Crippen LogP contribution in [0, 0.1) is 5.92 Å². The molecule has 0 aliphatic heterocycles. The van der Waals surface area contributed by atoms with Gasteiger partial charge in [-0.1, -0.05) is 19.9 Å². The van der Waals surface area contributed by atoms with E-state index in [9.17, 15) is 4.79 Å². The van der Waals surface area contributed by atoms with Gasteiger partial charge < -0.3 is 15.4 Å². The summed E-state index contributed by atoms with van der Waals surface area (Å²) in [5.74, 6) is 1.16. The minimum absolute atomic E-state index is 0.00232. The van der Waals surface area contributed by atoms with Crippen LogP contribution in [0.3, 0.4) is 0 Å². The molecule has 2 N–H and O–H groups in total. The second kappa shape index (κ2) is 7.90. The molecular formula is C16H26N2O2. The van der Waals surface area contributed by atoms with Crippen molar-refractivity contribution in [1.82, 2.24) is 4.90 Å². The maximum atomic E-state index is 12.3. The highest BCUT2D eigenvalue weighted by atomic mass is 16.5. The number of nitrogens with zero attached hydrogens (tertiary/aromatic N) is 1. The Bertz CT molecular complexity index is 432. The van der Waals surface area contributed by atoms with E-state index >= 15 is 0 Å². The van der Waals surface area contributed by atoms with Crippen molar-refractivity contribution < 1.29 is 9.53 Å². The smallest absolute Gasteiger partial charge is 0.253 e. The number of nitrogens with two attached hydrogens (primary N) is 1. The molecule has 0 heterocycles. The van der Waals surface area contributed by atoms with Crippen LogP contribution in [0.5, 0.6) is 5.75 Å². The van der Waals surface area contributed by atoms with Gasteiger partial charge in [0.15, 0.2) is 0 Å². The Morgan fingerprint density at radius 3 is 2.70 bits per heavy atom. The van der Waals surface area contributed by atoms with Crippen molar-refractivity contribution in [3.8, 4) is 5.75 Å². The van der Waals surface area contributed by atoms with E-state index in [2.05, 4.69) is 13.8 Å². The Balaban J connectivity index is 2.62. The summed E-state index contributed by atoms with van der Waals surface area (Å²) in [6.45, 7) is 7.37. The molecule has 0 radical (unpaired) electrons. The molecule has 1 rings (SSSR count). The number of carbonyl (C=O) groups is 1. The predicted molar refractivity (Wildman–Crippen MR) is 82.0 cm³/mol. The summed E-state index contributed by atoms with van der Waals surface area (Å²) in [6, 6.07) is 7.41. The molecule has 1 aromatic rings. The molecule has 1 aromatic carbocycles. The van der Waals surface area contributed by atoms with Crippen LogP contribution in [0.25, 0.3) is 0 Å². The van der Waals surface area contributed by atoms with Crippen LogP contribution in [0.2, 0.25) is 0 Å². The fourth-order valence-corrected chi connectivity index (χ4v) is 1.88. The predicted octanol–water partition coefficient (Wildman–Crippen LogP) is 2.53. The van der Waals surface area contributed by atoms with E-state index in [0.29, 0.717) is 24.6 Å². The summed E-state index contributed by atoms with van der Waals surface area (Å²) in [4.78, 5) is 14.0. The van der Waals surface area contributed by atoms with Gasteiger partial charge in [-0.15, -0.1) is 0 Å². The molecule has 1 unspecified atom stereocenters. The Labute approximate surface area is 121 Å². The first-order chi connectivity index (χ1) is 9.45. The highest BCUT2D eigenvalue weighted by molar-refractivity contribution is 5.94. The lowest BCUT2D eigenvalue weighted by Crippen LogP contribution is -2.34. The molecule has 0 aromatic heterocycles. The van der Waals surface area contributed by atoms with Crippen molar-refractivity contribution in [3.05, 3.63) is 29.8 Å². The summed E-state index contributed by atoms with van der Waals surface area (Å²) in [5.41, 5.74) is 6.66. The lowest BCUT2D eigenvalue weighted by molar-refractivity contribution is 0.0788. The number of hydrogen-bond donors (Lipinski definition) is 1. The molecule has 0 fully saturated rings. The van der Waals surface area contributed by atoms with E-state index in [1.54, 1.807) is 11.0 Å². The maximum Gasteiger partial charge on any atom is 0.253 e. The normalized spacial score (nSPS) is 12.3. The van der Waals surface area contributed by atoms with Gasteiger partial charge in [-0.2, -0.15) is 0 Å². The van der Waals surface area contributed by atoms with Crippen molar-refractivity contribution >= 4 is 5.91 Å². The fourth-order valence-electron chi connectivity index (χ4n) is 1.88. The Morgan fingerprint density at radius 2 is 2.10 bits per heavy atom. The molecule has 1 atom stereocenters. The fraction of sp³-hybridized carbons (Fsp3) is 0.562. The third-order valence-corrected chi connectivity index (χ3v) is 3.39. The number of benzene rings is 1. The highest BCUT2D eigenvalue weighted by Crippen LogP contribution is 2.15. The van der Waals surface area contributed by atoms with E-state index in [1.165, 1.54) is 0 Å². The van der Waals surface area contributed by atoms with E-state index in [1.807, 2.05) is 32.2 Å². The van der Waals surface area contributed by atoms with Gasteiger partial charge in [0.1, 0.15) is 5.75 Å². The van der Waals surface area contributed by atoms with Gasteiger partial charge in [-0.3, -0.25) is 4.79 Å². The zero-order chi connectivity index (χ0) is 15.1. The molecule has 0 bridgehead atoms. The second-order valence-electron chi connectivity index (χ2n) is 5.38. The standard InChI is InChI=1S/C16H26N2O2/c1-5-20-14-8-6-7-13(11-14)16(19)18(4)10-9-15(17)12(2)3/h6-8,11-12,15H,5,9-10,17H2,1-4H3. The van der Waals surface area contributed by atoms with Crippen LogP contribution in [0.4, 0.5) is 0 Å². The number of hydrogen-bond acceptors (Lipinski definition) is 3. The van der Waals surface area contributed by atoms with Gasteiger partial charge in [-0.05, 0) is 37.5 Å². The molecule has 1 amide bonds. The van der Waals surface area contributed by atoms with Crippen LogP contribution >= 0.6 is 0 Å². The second-order valence-corrected chi connectivity index (χ2v) is 5.38. The lowest BCUT2D eigenvalue weighted by atomic mass is 10.0. The van der Waals surface area contributed by atoms with Gasteiger partial charge in [0.2, 0.25) is 0 Å². The summed E-state index contributed by atoms with van der Waals surface area (Å²) < 4.78 is 5.42. The summed E-state index contributed by atoms with van der Waals surface area (Å²) in [6.07, 6.45) is 0.811. The molecule has 4 heteroatoms. The van der Waals surface area contributed by atoms with E-state index in [-0.39, 0.29) is 11.9 Å². The average molecular weight is 278 g/mol. The zero-order valence-electron chi connectivity index (χ0n) is 12.9. The van der Waals surface area contributed by atoms with Crippen molar-refractivity contribution in [3.63, 3.8) is 0 Å². The van der Waals surface area contributed by atoms with E-state index < -0.39 is 0 Å². The average Bonchev–Trinajstić information content (AvgIpc) is 2.44. The molecule has 0 aliphatic rings. The first-order valence-electron chi connectivity index (χ1n) is 7.19. The SMILES string of the molecule is CCOc1cccc(C(=O)N(C)CCC(N)C(C)C)c1. The number of carbonyl (C=O) groups excluding carboxylic acids is 1. The van der Waals surface area contributed by atoms with Crippen molar-refractivity contribution in [2.24, 2.45) is 11.7 Å². The van der Waals surface area contributed by atoms with E-state index in [0.717, 1.165) is 12.2 Å². The van der Waals surface area contributed by atoms with Gasteiger partial charge in [0.25, 0.3) is 5.91 Å². The minimum Gasteiger partial charge on any atom is -0.494 e. The third-order valence-electron chi connectivity index (χ3n) is 3.39. The summed E-state index contributed by atoms with van der Waals surface area (Å²) >= 11 is 0. The molecule has 112 valence electrons. The minimum atomic E-state index is 0.00232. The van der Waals surface area contributed by atoms with Gasteiger partial charge in [-0.25, -0.2) is 0 Å². The molecule has 0 saturated carbocycles. The maximum absolute atomic E-state index is 12.3. The first-order valence-corrected chi connectivity index (χ1v) is 7.19. The Hall–Kier alpha value is -1.55. The summed E-state index contributed by atoms with van der Waals surface area (Å²) in [5, 5.41) is 0. The van der Waals surface area contributed by atoms with Crippen LogP contribution in [-0.2, 0) is 0 Å². The molecule has 0 saturated heterocycles. The molecular weight excluding hydrogens is 252 g/mol. The molecule has 4 nitrogen and oxygen atoms in total. The zero-order valence-corrected chi connectivity index (χ0v) is 12.9. The molecule has 0 aliphatic carbocycles. The van der Waals surface area contributed by atoms with Crippen LogP contribution in [-0.4, -0.2) is 37.0 Å². The van der Waals surface area contributed by atoms with Gasteiger partial charge in [0, 0.05) is 25.2 Å². The lowest BCUT2D eigenvalue weighted by Gasteiger charge is -2.21. The van der Waals surface area contributed by atoms with Gasteiger partial charge in [0.05, 0.1) is 6.61 Å². The Kier molecular flexibility index (Phi) is 6.52. The van der Waals surface area contributed by atoms with Crippen LogP contribution in [0.15, 0.2) is 24.3 Å². The largest absolute Gasteiger partial charge is 0.494 e. The van der Waals surface area contributed by atoms with Crippen molar-refractivity contribution in [2.75, 3.05) is 20.2 Å². The van der Waals surface area contributed by atoms with Crippen LogP contribution < -0.4 is 10.5 Å². The summed E-state index contributed by atoms with van der Waals surface area (Å²) in [7, 11) is 1.81. The number of rotatable bonds is 7. The van der Waals surface area contributed by atoms with Crippen LogP contribution in [0.1, 0.15) is 37.6 Å². The van der Waals surface area contributed by atoms with Crippen molar-refractivity contribution in [2.45, 2.75) is 33.2 Å². The molecule has 0 spiro atoms. The Morgan fingerprint density at radius 1 is 1.40 bits per heavy atom. The topological polar surface area (TPSA) is 55.6 Å². The first kappa shape index (κ1) is 16.5. The quantitative estimate of drug-likeness (QED) is 0.834. The highest BCUT2D eigenvalue weighted by Gasteiger charge is 2.14. The third kappa shape index (κ3) is 4.85. The van der Waals surface area contributed by atoms with Gasteiger partial charge >= 0.3 is 0 Å².